The fourth-order valence-corrected chi connectivity index (χ4v) is 5.51. The first-order chi connectivity index (χ1) is 21.4. The minimum Gasteiger partial charge on any atom is -0.379 e. The van der Waals surface area contributed by atoms with E-state index in [1.54, 1.807) is 39.8 Å². The standard InChI is InChI=1S/C28H36F6N8O3Si/c1-19(38-21-13-37-42(18-45-11-12-46(2,3)4)26(44)24(21)28(32,33)34)16-39-6-5-20(17-39)25(43)41-9-7-40(8-10-41)23-15-35-22(14-36-23)27(29,30)31/h5-6,13-15,17,19,38H,7-12,16,18H2,1-4H3/t19-/m0/s1. The summed E-state index contributed by atoms with van der Waals surface area (Å²) >= 11 is 0. The number of ether oxygens (including phenoxy) is 1. The van der Waals surface area contributed by atoms with Crippen LogP contribution in [0.2, 0.25) is 25.7 Å². The fourth-order valence-electron chi connectivity index (χ4n) is 4.75. The maximum Gasteiger partial charge on any atom is 0.434 e. The van der Waals surface area contributed by atoms with Crippen LogP contribution < -0.4 is 15.8 Å². The number of carbonyl (C=O) groups is 1. The number of alkyl halides is 6. The van der Waals surface area contributed by atoms with Crippen molar-refractivity contribution in [2.45, 2.75) is 64.3 Å². The highest BCUT2D eigenvalue weighted by atomic mass is 28.3. The first-order valence-corrected chi connectivity index (χ1v) is 18.2. The number of halogens is 6. The van der Waals surface area contributed by atoms with Gasteiger partial charge in [-0.1, -0.05) is 19.6 Å². The van der Waals surface area contributed by atoms with Crippen molar-refractivity contribution in [3.05, 3.63) is 64.2 Å². The second kappa shape index (κ2) is 13.8. The van der Waals surface area contributed by atoms with Crippen molar-refractivity contribution >= 4 is 25.5 Å². The lowest BCUT2D eigenvalue weighted by Crippen LogP contribution is -2.49. The van der Waals surface area contributed by atoms with E-state index in [0.29, 0.717) is 49.2 Å². The van der Waals surface area contributed by atoms with Crippen LogP contribution in [0.4, 0.5) is 37.8 Å². The van der Waals surface area contributed by atoms with Crippen molar-refractivity contribution < 1.29 is 35.9 Å². The Hall–Kier alpha value is -3.93. The van der Waals surface area contributed by atoms with Crippen LogP contribution in [0.3, 0.4) is 0 Å². The molecule has 1 amide bonds. The van der Waals surface area contributed by atoms with Crippen molar-refractivity contribution in [1.29, 1.82) is 0 Å². The van der Waals surface area contributed by atoms with Crippen LogP contribution in [0, 0.1) is 0 Å². The van der Waals surface area contributed by atoms with E-state index < -0.39 is 49.0 Å². The van der Waals surface area contributed by atoms with Gasteiger partial charge >= 0.3 is 12.4 Å². The van der Waals surface area contributed by atoms with Gasteiger partial charge < -0.3 is 24.4 Å². The largest absolute Gasteiger partial charge is 0.434 e. The van der Waals surface area contributed by atoms with Gasteiger partial charge in [0.1, 0.15) is 18.1 Å². The second-order valence-corrected chi connectivity index (χ2v) is 17.9. The Morgan fingerprint density at radius 1 is 1.02 bits per heavy atom. The number of carbonyl (C=O) groups excluding carboxylic acids is 1. The van der Waals surface area contributed by atoms with E-state index in [1.165, 1.54) is 0 Å². The minimum absolute atomic E-state index is 0.174. The topological polar surface area (TPSA) is 110 Å². The molecular formula is C28H36F6N8O3Si. The fraction of sp³-hybridized carbons (Fsp3) is 0.536. The first kappa shape index (κ1) is 34.9. The molecule has 18 heteroatoms. The van der Waals surface area contributed by atoms with Crippen molar-refractivity contribution in [2.24, 2.45) is 0 Å². The molecule has 0 spiro atoms. The van der Waals surface area contributed by atoms with Crippen molar-refractivity contribution in [2.75, 3.05) is 43.0 Å². The predicted octanol–water partition coefficient (Wildman–Crippen LogP) is 4.65. The Kier molecular flexibility index (Phi) is 10.5. The summed E-state index contributed by atoms with van der Waals surface area (Å²) in [7, 11) is -1.42. The lowest BCUT2D eigenvalue weighted by atomic mass is 10.2. The van der Waals surface area contributed by atoms with Crippen LogP contribution in [0.1, 0.15) is 28.5 Å². The van der Waals surface area contributed by atoms with Crippen molar-refractivity contribution in [1.82, 2.24) is 29.2 Å². The molecule has 1 atom stereocenters. The smallest absolute Gasteiger partial charge is 0.379 e. The van der Waals surface area contributed by atoms with Crippen LogP contribution in [-0.4, -0.2) is 82.0 Å². The third kappa shape index (κ3) is 9.08. The molecule has 252 valence electrons. The number of rotatable bonds is 11. The molecule has 1 saturated heterocycles. The monoisotopic (exact) mass is 674 g/mol. The zero-order valence-corrected chi connectivity index (χ0v) is 26.8. The number of nitrogens with zero attached hydrogens (tertiary/aromatic N) is 7. The number of anilines is 2. The van der Waals surface area contributed by atoms with E-state index in [0.717, 1.165) is 18.4 Å². The molecule has 0 bridgehead atoms. The van der Waals surface area contributed by atoms with Gasteiger partial charge in [-0.15, -0.1) is 0 Å². The van der Waals surface area contributed by atoms with E-state index in [1.807, 2.05) is 0 Å². The maximum atomic E-state index is 13.9. The molecule has 1 fully saturated rings. The summed E-state index contributed by atoms with van der Waals surface area (Å²) in [6.45, 7) is 9.41. The third-order valence-corrected chi connectivity index (χ3v) is 8.94. The Balaban J connectivity index is 1.34. The number of aromatic nitrogens is 5. The molecule has 0 aliphatic carbocycles. The van der Waals surface area contributed by atoms with Gasteiger partial charge in [-0.05, 0) is 19.0 Å². The van der Waals surface area contributed by atoms with Gasteiger partial charge in [0.2, 0.25) is 0 Å². The van der Waals surface area contributed by atoms with E-state index in [9.17, 15) is 35.9 Å². The molecule has 4 heterocycles. The van der Waals surface area contributed by atoms with E-state index in [-0.39, 0.29) is 25.0 Å². The molecule has 46 heavy (non-hydrogen) atoms. The van der Waals surface area contributed by atoms with Crippen molar-refractivity contribution in [3.8, 4) is 0 Å². The first-order valence-electron chi connectivity index (χ1n) is 14.5. The summed E-state index contributed by atoms with van der Waals surface area (Å²) < 4.78 is 87.9. The molecule has 3 aromatic heterocycles. The summed E-state index contributed by atoms with van der Waals surface area (Å²) in [6, 6.07) is 1.79. The van der Waals surface area contributed by atoms with Gasteiger partial charge in [0.05, 0.1) is 29.8 Å². The normalized spacial score (nSPS) is 15.3. The highest BCUT2D eigenvalue weighted by molar-refractivity contribution is 6.76. The molecule has 3 aromatic rings. The molecule has 4 rings (SSSR count). The number of nitrogens with one attached hydrogen (secondary N) is 1. The van der Waals surface area contributed by atoms with Gasteiger partial charge in [0.15, 0.2) is 5.69 Å². The van der Waals surface area contributed by atoms with Crippen LogP contribution in [0.5, 0.6) is 0 Å². The van der Waals surface area contributed by atoms with Gasteiger partial charge in [-0.3, -0.25) is 9.59 Å². The molecular weight excluding hydrogens is 638 g/mol. The van der Waals surface area contributed by atoms with E-state index in [4.69, 9.17) is 4.74 Å². The Morgan fingerprint density at radius 3 is 2.30 bits per heavy atom. The summed E-state index contributed by atoms with van der Waals surface area (Å²) in [4.78, 5) is 36.4. The van der Waals surface area contributed by atoms with Gasteiger partial charge in [-0.25, -0.2) is 14.6 Å². The van der Waals surface area contributed by atoms with Gasteiger partial charge in [0.25, 0.3) is 11.5 Å². The molecule has 1 aliphatic heterocycles. The zero-order valence-electron chi connectivity index (χ0n) is 25.8. The van der Waals surface area contributed by atoms with Gasteiger partial charge in [-0.2, -0.15) is 31.4 Å². The lowest BCUT2D eigenvalue weighted by molar-refractivity contribution is -0.141. The number of piperazine rings is 1. The Labute approximate surface area is 262 Å². The Bertz CT molecular complexity index is 1540. The van der Waals surface area contributed by atoms with E-state index >= 15 is 0 Å². The maximum absolute atomic E-state index is 13.9. The Morgan fingerprint density at radius 2 is 1.72 bits per heavy atom. The SMILES string of the molecule is C[C@@H](Cn1ccc(C(=O)N2CCN(c3cnc(C(F)(F)F)cn3)CC2)c1)Nc1cnn(COCC[Si](C)(C)C)c(=O)c1C(F)(F)F. The molecule has 0 saturated carbocycles. The average molecular weight is 675 g/mol. The quantitative estimate of drug-likeness (QED) is 0.178. The summed E-state index contributed by atoms with van der Waals surface area (Å²) in [6.07, 6.45) is -3.63. The summed E-state index contributed by atoms with van der Waals surface area (Å²) in [5, 5.41) is 6.61. The molecule has 1 N–H and O–H groups in total. The van der Waals surface area contributed by atoms with Crippen LogP contribution in [0.15, 0.2) is 41.8 Å². The average Bonchev–Trinajstić information content (AvgIpc) is 3.42. The molecule has 0 aromatic carbocycles. The highest BCUT2D eigenvalue weighted by Crippen LogP contribution is 2.32. The summed E-state index contributed by atoms with van der Waals surface area (Å²) in [5.74, 6) is 0.0106. The lowest BCUT2D eigenvalue weighted by Gasteiger charge is -2.35. The molecule has 0 radical (unpaired) electrons. The van der Waals surface area contributed by atoms with Crippen molar-refractivity contribution in [3.63, 3.8) is 0 Å². The zero-order chi connectivity index (χ0) is 33.9. The number of hydrogen-bond acceptors (Lipinski definition) is 8. The van der Waals surface area contributed by atoms with Crippen LogP contribution >= 0.6 is 0 Å². The number of hydrogen-bond donors (Lipinski definition) is 1. The van der Waals surface area contributed by atoms with Crippen LogP contribution in [-0.2, 0) is 30.4 Å². The highest BCUT2D eigenvalue weighted by Gasteiger charge is 2.38. The number of amides is 1. The predicted molar refractivity (Wildman–Crippen MR) is 160 cm³/mol. The summed E-state index contributed by atoms with van der Waals surface area (Å²) in [5.41, 5.74) is -3.85. The minimum atomic E-state index is -4.93. The molecule has 1 aliphatic rings. The van der Waals surface area contributed by atoms with Crippen LogP contribution in [0.25, 0.3) is 0 Å². The second-order valence-electron chi connectivity index (χ2n) is 12.3. The van der Waals surface area contributed by atoms with Gasteiger partial charge in [0, 0.05) is 65.8 Å². The molecule has 0 unspecified atom stereocenters. The van der Waals surface area contributed by atoms with E-state index in [2.05, 4.69) is 40.0 Å². The third-order valence-electron chi connectivity index (χ3n) is 7.24. The molecule has 11 nitrogen and oxygen atoms in total.